The van der Waals surface area contributed by atoms with Gasteiger partial charge in [-0.15, -0.1) is 0 Å². The number of hydrogen-bond donors (Lipinski definition) is 2. The highest BCUT2D eigenvalue weighted by Gasteiger charge is 2.38. The maximum atomic E-state index is 12.8. The van der Waals surface area contributed by atoms with Gasteiger partial charge in [-0.2, -0.15) is 0 Å². The Morgan fingerprint density at radius 3 is 2.48 bits per heavy atom. The minimum absolute atomic E-state index is 0.00479. The molecule has 3 amide bonds. The second kappa shape index (κ2) is 6.20. The fourth-order valence-corrected chi connectivity index (χ4v) is 3.86. The molecular formula is C18H25N3O4. The molecule has 0 aromatic carbocycles. The van der Waals surface area contributed by atoms with Gasteiger partial charge in [-0.05, 0) is 25.2 Å². The molecule has 0 spiro atoms. The molecule has 1 aromatic rings. The average molecular weight is 347 g/mol. The van der Waals surface area contributed by atoms with E-state index >= 15 is 0 Å². The Bertz CT molecular complexity index is 727. The number of rotatable bonds is 2. The molecule has 2 aliphatic rings. The number of amides is 3. The van der Waals surface area contributed by atoms with Gasteiger partial charge in [0.15, 0.2) is 11.5 Å². The summed E-state index contributed by atoms with van der Waals surface area (Å²) in [5.74, 6) is 0.774. The van der Waals surface area contributed by atoms with Crippen LogP contribution in [0.25, 0.3) is 0 Å². The smallest absolute Gasteiger partial charge is 0.312 e. The van der Waals surface area contributed by atoms with Gasteiger partial charge in [0.25, 0.3) is 5.91 Å². The number of Topliss-reactive ketones (excluding diaryl/α,β-unsaturated/α-hetero) is 1. The first-order chi connectivity index (χ1) is 11.7. The third-order valence-electron chi connectivity index (χ3n) is 5.10. The average Bonchev–Trinajstić information content (AvgIpc) is 2.82. The molecule has 0 radical (unpaired) electrons. The number of fused-ring (bicyclic) bond motifs is 1. The summed E-state index contributed by atoms with van der Waals surface area (Å²) in [6.45, 7) is 6.89. The van der Waals surface area contributed by atoms with Gasteiger partial charge in [-0.25, -0.2) is 4.79 Å². The first-order valence-electron chi connectivity index (χ1n) is 8.68. The number of urea groups is 1. The molecule has 1 aliphatic heterocycles. The molecule has 3 rings (SSSR count). The van der Waals surface area contributed by atoms with E-state index in [0.717, 1.165) is 0 Å². The molecule has 1 aliphatic carbocycles. The number of carbonyl (C=O) groups excluding carboxylic acids is 3. The zero-order chi connectivity index (χ0) is 18.4. The molecule has 3 N–H and O–H groups in total. The van der Waals surface area contributed by atoms with Crippen molar-refractivity contribution in [2.75, 3.05) is 13.1 Å². The predicted molar refractivity (Wildman–Crippen MR) is 91.5 cm³/mol. The highest BCUT2D eigenvalue weighted by atomic mass is 16.4. The lowest BCUT2D eigenvalue weighted by Crippen LogP contribution is -2.47. The number of hydrogen-bond acceptors (Lipinski definition) is 4. The van der Waals surface area contributed by atoms with Gasteiger partial charge in [0, 0.05) is 37.5 Å². The Hall–Kier alpha value is -2.31. The Kier molecular flexibility index (Phi) is 4.34. The highest BCUT2D eigenvalue weighted by molar-refractivity contribution is 6.03. The molecule has 7 heteroatoms. The fraction of sp³-hybridized carbons (Fsp3) is 0.611. The molecule has 0 bridgehead atoms. The van der Waals surface area contributed by atoms with Crippen molar-refractivity contribution >= 4 is 17.7 Å². The number of nitrogens with one attached hydrogen (secondary N) is 1. The van der Waals surface area contributed by atoms with E-state index in [1.165, 1.54) is 0 Å². The van der Waals surface area contributed by atoms with Crippen molar-refractivity contribution < 1.29 is 18.8 Å². The molecule has 1 saturated heterocycles. The summed E-state index contributed by atoms with van der Waals surface area (Å²) in [4.78, 5) is 37.9. The Labute approximate surface area is 146 Å². The first-order valence-corrected chi connectivity index (χ1v) is 8.68. The van der Waals surface area contributed by atoms with Crippen molar-refractivity contribution in [3.63, 3.8) is 0 Å². The van der Waals surface area contributed by atoms with Crippen molar-refractivity contribution in [2.24, 2.45) is 11.1 Å². The molecule has 1 aromatic heterocycles. The third kappa shape index (κ3) is 3.41. The van der Waals surface area contributed by atoms with Gasteiger partial charge in [-0.1, -0.05) is 13.8 Å². The SMILES string of the molecule is Cc1c(C(=O)N2CCC(NC(N)=O)CC2)oc2c1C(=O)CC(C)(C)C2. The van der Waals surface area contributed by atoms with Crippen LogP contribution < -0.4 is 11.1 Å². The summed E-state index contributed by atoms with van der Waals surface area (Å²) in [6.07, 6.45) is 2.44. The molecule has 0 saturated carbocycles. The van der Waals surface area contributed by atoms with E-state index < -0.39 is 6.03 Å². The quantitative estimate of drug-likeness (QED) is 0.853. The lowest BCUT2D eigenvalue weighted by Gasteiger charge is -2.31. The van der Waals surface area contributed by atoms with E-state index in [2.05, 4.69) is 5.32 Å². The molecule has 25 heavy (non-hydrogen) atoms. The number of nitrogens with two attached hydrogens (primary N) is 1. The molecule has 7 nitrogen and oxygen atoms in total. The van der Waals surface area contributed by atoms with E-state index in [1.807, 2.05) is 13.8 Å². The largest absolute Gasteiger partial charge is 0.455 e. The maximum absolute atomic E-state index is 12.8. The van der Waals surface area contributed by atoms with Gasteiger partial charge < -0.3 is 20.4 Å². The maximum Gasteiger partial charge on any atom is 0.312 e. The van der Waals surface area contributed by atoms with Crippen LogP contribution in [0, 0.1) is 12.3 Å². The number of ketones is 1. The zero-order valence-electron chi connectivity index (χ0n) is 15.0. The van der Waals surface area contributed by atoms with Crippen molar-refractivity contribution in [3.8, 4) is 0 Å². The minimum atomic E-state index is -0.541. The van der Waals surface area contributed by atoms with Gasteiger partial charge in [0.05, 0.1) is 5.56 Å². The van der Waals surface area contributed by atoms with Crippen LogP contribution in [0.3, 0.4) is 0 Å². The van der Waals surface area contributed by atoms with Crippen LogP contribution in [0.5, 0.6) is 0 Å². The van der Waals surface area contributed by atoms with Gasteiger partial charge >= 0.3 is 6.03 Å². The van der Waals surface area contributed by atoms with E-state index in [4.69, 9.17) is 10.2 Å². The van der Waals surface area contributed by atoms with Crippen LogP contribution in [0.15, 0.2) is 4.42 Å². The second-order valence-corrected chi connectivity index (χ2v) is 7.87. The fourth-order valence-electron chi connectivity index (χ4n) is 3.86. The number of nitrogens with zero attached hydrogens (tertiary/aromatic N) is 1. The monoisotopic (exact) mass is 347 g/mol. The van der Waals surface area contributed by atoms with Gasteiger partial charge in [-0.3, -0.25) is 9.59 Å². The zero-order valence-corrected chi connectivity index (χ0v) is 15.0. The van der Waals surface area contributed by atoms with E-state index in [1.54, 1.807) is 11.8 Å². The lowest BCUT2D eigenvalue weighted by atomic mass is 9.76. The summed E-state index contributed by atoms with van der Waals surface area (Å²) in [5, 5.41) is 2.68. The Morgan fingerprint density at radius 1 is 1.24 bits per heavy atom. The van der Waals surface area contributed by atoms with Gasteiger partial charge in [0.2, 0.25) is 0 Å². The lowest BCUT2D eigenvalue weighted by molar-refractivity contribution is 0.0670. The van der Waals surface area contributed by atoms with Crippen LogP contribution >= 0.6 is 0 Å². The summed E-state index contributed by atoms with van der Waals surface area (Å²) in [5.41, 5.74) is 6.24. The van der Waals surface area contributed by atoms with E-state index in [-0.39, 0.29) is 28.9 Å². The molecule has 0 atom stereocenters. The number of furan rings is 1. The van der Waals surface area contributed by atoms with E-state index in [0.29, 0.717) is 55.7 Å². The highest BCUT2D eigenvalue weighted by Crippen LogP contribution is 2.38. The number of likely N-dealkylation sites (tertiary alicyclic amines) is 1. The van der Waals surface area contributed by atoms with Crippen LogP contribution in [0.2, 0.25) is 0 Å². The van der Waals surface area contributed by atoms with Crippen molar-refractivity contribution in [3.05, 3.63) is 22.6 Å². The van der Waals surface area contributed by atoms with E-state index in [9.17, 15) is 14.4 Å². The van der Waals surface area contributed by atoms with Gasteiger partial charge in [0.1, 0.15) is 5.76 Å². The first kappa shape index (κ1) is 17.5. The Balaban J connectivity index is 1.76. The van der Waals surface area contributed by atoms with Crippen molar-refractivity contribution in [2.45, 2.75) is 52.5 Å². The summed E-state index contributed by atoms with van der Waals surface area (Å²) in [7, 11) is 0. The summed E-state index contributed by atoms with van der Waals surface area (Å²) < 4.78 is 5.85. The van der Waals surface area contributed by atoms with Crippen molar-refractivity contribution in [1.82, 2.24) is 10.2 Å². The number of piperidine rings is 1. The van der Waals surface area contributed by atoms with Crippen molar-refractivity contribution in [1.29, 1.82) is 0 Å². The number of primary amides is 1. The second-order valence-electron chi connectivity index (χ2n) is 7.87. The minimum Gasteiger partial charge on any atom is -0.455 e. The molecule has 0 unspecified atom stereocenters. The molecule has 2 heterocycles. The summed E-state index contributed by atoms with van der Waals surface area (Å²) >= 11 is 0. The van der Waals surface area contributed by atoms with Crippen LogP contribution in [-0.4, -0.2) is 41.8 Å². The van der Waals surface area contributed by atoms with Crippen LogP contribution in [0.4, 0.5) is 4.79 Å². The molecule has 1 fully saturated rings. The standard InChI is InChI=1S/C18H25N3O4/c1-10-14-12(22)8-18(2,3)9-13(14)25-15(10)16(23)21-6-4-11(5-7-21)20-17(19)24/h11H,4-9H2,1-3H3,(H3,19,20,24). The molecule has 136 valence electrons. The third-order valence-corrected chi connectivity index (χ3v) is 5.10. The summed E-state index contributed by atoms with van der Waals surface area (Å²) in [6, 6.07) is -0.546. The number of carbonyl (C=O) groups is 3. The predicted octanol–water partition coefficient (Wildman–Crippen LogP) is 2.02. The topological polar surface area (TPSA) is 106 Å². The van der Waals surface area contributed by atoms with Crippen LogP contribution in [0.1, 0.15) is 65.3 Å². The normalized spacial score (nSPS) is 20.3. The Morgan fingerprint density at radius 2 is 1.88 bits per heavy atom. The van der Waals surface area contributed by atoms with Crippen LogP contribution in [-0.2, 0) is 6.42 Å². The molecular weight excluding hydrogens is 322 g/mol.